The van der Waals surface area contributed by atoms with E-state index in [9.17, 15) is 9.59 Å². The van der Waals surface area contributed by atoms with Crippen LogP contribution in [0.25, 0.3) is 10.9 Å². The molecule has 4 aromatic rings. The number of hydrogen-bond donors (Lipinski definition) is 2. The average Bonchev–Trinajstić information content (AvgIpc) is 2.95. The Kier molecular flexibility index (Phi) is 8.39. The molecule has 1 aliphatic heterocycles. The Morgan fingerprint density at radius 1 is 1.03 bits per heavy atom. The van der Waals surface area contributed by atoms with E-state index in [1.165, 1.54) is 11.8 Å². The van der Waals surface area contributed by atoms with Gasteiger partial charge in [-0.3, -0.25) is 14.7 Å². The lowest BCUT2D eigenvalue weighted by atomic mass is 10.0. The molecule has 0 bridgehead atoms. The van der Waals surface area contributed by atoms with Crippen molar-refractivity contribution < 1.29 is 14.3 Å². The zero-order valence-electron chi connectivity index (χ0n) is 21.8. The van der Waals surface area contributed by atoms with E-state index in [-0.39, 0.29) is 18.6 Å². The number of hydrogen-bond acceptors (Lipinski definition) is 6. The first-order chi connectivity index (χ1) is 19.0. The lowest BCUT2D eigenvalue weighted by molar-refractivity contribution is 0.0527. The summed E-state index contributed by atoms with van der Waals surface area (Å²) in [6.45, 7) is 4.87. The Morgan fingerprint density at radius 2 is 1.77 bits per heavy atom. The van der Waals surface area contributed by atoms with Crippen LogP contribution in [-0.4, -0.2) is 47.5 Å². The fourth-order valence-electron chi connectivity index (χ4n) is 4.86. The van der Waals surface area contributed by atoms with Crippen LogP contribution in [0.4, 0.5) is 11.4 Å². The summed E-state index contributed by atoms with van der Waals surface area (Å²) in [7, 11) is 0. The summed E-state index contributed by atoms with van der Waals surface area (Å²) in [5, 5.41) is 7.81. The summed E-state index contributed by atoms with van der Waals surface area (Å²) in [5.74, 6) is -0.547. The van der Waals surface area contributed by atoms with Crippen molar-refractivity contribution in [2.45, 2.75) is 32.4 Å². The predicted octanol–water partition coefficient (Wildman–Crippen LogP) is 6.20. The molecule has 5 rings (SSSR count). The molecule has 7 nitrogen and oxygen atoms in total. The first kappa shape index (κ1) is 26.7. The maximum atomic E-state index is 13.0. The number of halogens is 1. The molecule has 0 unspecified atom stereocenters. The van der Waals surface area contributed by atoms with E-state index in [0.29, 0.717) is 27.4 Å². The fraction of sp³-hybridized carbons (Fsp3) is 0.258. The second-order valence-electron chi connectivity index (χ2n) is 9.64. The molecular weight excluding hydrogens is 512 g/mol. The largest absolute Gasteiger partial charge is 0.462 e. The number of carbonyl (C=O) groups is 2. The monoisotopic (exact) mass is 542 g/mol. The summed E-state index contributed by atoms with van der Waals surface area (Å²) in [6, 6.07) is 23.2. The fourth-order valence-corrected chi connectivity index (χ4v) is 5.03. The number of pyridine rings is 1. The van der Waals surface area contributed by atoms with Crippen LogP contribution in [0.5, 0.6) is 0 Å². The molecule has 0 saturated carbocycles. The van der Waals surface area contributed by atoms with Crippen molar-refractivity contribution in [1.82, 2.24) is 15.2 Å². The van der Waals surface area contributed by atoms with E-state index in [1.807, 2.05) is 24.3 Å². The van der Waals surface area contributed by atoms with Crippen molar-refractivity contribution in [1.29, 1.82) is 0 Å². The Hall–Kier alpha value is -3.94. The molecule has 2 heterocycles. The van der Waals surface area contributed by atoms with Crippen molar-refractivity contribution in [3.63, 3.8) is 0 Å². The van der Waals surface area contributed by atoms with Crippen LogP contribution in [0, 0.1) is 0 Å². The molecule has 0 spiro atoms. The molecule has 200 valence electrons. The summed E-state index contributed by atoms with van der Waals surface area (Å²) in [6.07, 6.45) is 3.34. The zero-order valence-corrected chi connectivity index (χ0v) is 22.6. The molecule has 0 atom stereocenters. The van der Waals surface area contributed by atoms with Gasteiger partial charge in [0.2, 0.25) is 0 Å². The molecule has 1 aliphatic rings. The number of amides is 1. The molecule has 2 N–H and O–H groups in total. The zero-order chi connectivity index (χ0) is 27.2. The molecule has 3 aromatic carbocycles. The third-order valence-corrected chi connectivity index (χ3v) is 7.15. The van der Waals surface area contributed by atoms with E-state index in [1.54, 1.807) is 31.2 Å². The van der Waals surface area contributed by atoms with E-state index >= 15 is 0 Å². The highest BCUT2D eigenvalue weighted by Gasteiger charge is 2.22. The van der Waals surface area contributed by atoms with Crippen LogP contribution < -0.4 is 10.6 Å². The van der Waals surface area contributed by atoms with Crippen molar-refractivity contribution >= 4 is 45.8 Å². The number of ether oxygens (including phenoxy) is 1. The second-order valence-corrected chi connectivity index (χ2v) is 10.1. The van der Waals surface area contributed by atoms with Gasteiger partial charge in [0.15, 0.2) is 0 Å². The average molecular weight is 543 g/mol. The van der Waals surface area contributed by atoms with E-state index in [2.05, 4.69) is 44.8 Å². The third kappa shape index (κ3) is 6.56. The number of esters is 1. The highest BCUT2D eigenvalue weighted by Crippen LogP contribution is 2.31. The Bertz CT molecular complexity index is 1450. The summed E-state index contributed by atoms with van der Waals surface area (Å²) in [4.78, 5) is 32.4. The van der Waals surface area contributed by atoms with Crippen LogP contribution in [0.2, 0.25) is 5.02 Å². The van der Waals surface area contributed by atoms with Gasteiger partial charge in [-0.15, -0.1) is 0 Å². The van der Waals surface area contributed by atoms with Crippen LogP contribution in [-0.2, 0) is 11.3 Å². The highest BCUT2D eigenvalue weighted by molar-refractivity contribution is 6.31. The number of nitrogens with one attached hydrogen (secondary N) is 2. The van der Waals surface area contributed by atoms with E-state index < -0.39 is 5.97 Å². The van der Waals surface area contributed by atoms with Crippen molar-refractivity contribution in [3.8, 4) is 0 Å². The van der Waals surface area contributed by atoms with Crippen molar-refractivity contribution in [2.75, 3.05) is 25.0 Å². The van der Waals surface area contributed by atoms with Gasteiger partial charge in [0, 0.05) is 53.5 Å². The number of likely N-dealkylation sites (tertiary alicyclic amines) is 1. The Morgan fingerprint density at radius 3 is 2.49 bits per heavy atom. The minimum atomic E-state index is -0.463. The van der Waals surface area contributed by atoms with Gasteiger partial charge in [-0.25, -0.2) is 4.79 Å². The van der Waals surface area contributed by atoms with Gasteiger partial charge in [0.05, 0.1) is 17.8 Å². The third-order valence-electron chi connectivity index (χ3n) is 6.91. The number of carbonyl (C=O) groups excluding carboxylic acids is 2. The number of anilines is 2. The number of fused-ring (bicyclic) bond motifs is 1. The molecular formula is C31H31ClN4O3. The lowest BCUT2D eigenvalue weighted by Gasteiger charge is -2.32. The Balaban J connectivity index is 1.23. The number of aromatic nitrogens is 1. The molecule has 0 radical (unpaired) electrons. The Labute approximate surface area is 233 Å². The van der Waals surface area contributed by atoms with Crippen LogP contribution in [0.3, 0.4) is 0 Å². The standard InChI is InChI=1S/C31H31ClN4O3/c1-2-39-31(38)27-19-33-28-18-23(32)10-13-26(28)29(27)34-24-11-8-22(9-12-24)30(37)35-25-14-16-36(17-15-25)20-21-6-4-3-5-7-21/h3-13,18-19,25H,2,14-17,20H2,1H3,(H,33,34)(H,35,37). The number of benzene rings is 3. The van der Waals surface area contributed by atoms with Gasteiger partial charge in [0.25, 0.3) is 5.91 Å². The first-order valence-corrected chi connectivity index (χ1v) is 13.6. The minimum absolute atomic E-state index is 0.0840. The van der Waals surface area contributed by atoms with Crippen LogP contribution >= 0.6 is 11.6 Å². The first-order valence-electron chi connectivity index (χ1n) is 13.2. The molecule has 1 amide bonds. The number of nitrogens with zero attached hydrogens (tertiary/aromatic N) is 2. The second kappa shape index (κ2) is 12.3. The topological polar surface area (TPSA) is 83.6 Å². The normalized spacial score (nSPS) is 14.2. The maximum absolute atomic E-state index is 13.0. The molecule has 39 heavy (non-hydrogen) atoms. The van der Waals surface area contributed by atoms with Gasteiger partial charge in [-0.2, -0.15) is 0 Å². The minimum Gasteiger partial charge on any atom is -0.462 e. The van der Waals surface area contributed by atoms with Gasteiger partial charge in [0.1, 0.15) is 5.56 Å². The maximum Gasteiger partial charge on any atom is 0.341 e. The predicted molar refractivity (Wildman–Crippen MR) is 155 cm³/mol. The molecule has 1 aromatic heterocycles. The summed E-state index contributed by atoms with van der Waals surface area (Å²) >= 11 is 6.15. The van der Waals surface area contributed by atoms with Crippen molar-refractivity contribution in [3.05, 3.63) is 101 Å². The smallest absolute Gasteiger partial charge is 0.341 e. The van der Waals surface area contributed by atoms with Gasteiger partial charge in [-0.05, 0) is 67.8 Å². The van der Waals surface area contributed by atoms with E-state index in [0.717, 1.165) is 43.5 Å². The highest BCUT2D eigenvalue weighted by atomic mass is 35.5. The number of rotatable bonds is 8. The lowest BCUT2D eigenvalue weighted by Crippen LogP contribution is -2.44. The van der Waals surface area contributed by atoms with E-state index in [4.69, 9.17) is 16.3 Å². The number of piperidine rings is 1. The van der Waals surface area contributed by atoms with Crippen molar-refractivity contribution in [2.24, 2.45) is 0 Å². The van der Waals surface area contributed by atoms with Crippen LogP contribution in [0.15, 0.2) is 79.0 Å². The van der Waals surface area contributed by atoms with Crippen LogP contribution in [0.1, 0.15) is 46.0 Å². The van der Waals surface area contributed by atoms with Gasteiger partial charge in [-0.1, -0.05) is 41.9 Å². The molecule has 1 fully saturated rings. The molecule has 8 heteroatoms. The SMILES string of the molecule is CCOC(=O)c1cnc2cc(Cl)ccc2c1Nc1ccc(C(=O)NC2CCN(Cc3ccccc3)CC2)cc1. The van der Waals surface area contributed by atoms with Gasteiger partial charge < -0.3 is 15.4 Å². The van der Waals surface area contributed by atoms with Gasteiger partial charge >= 0.3 is 5.97 Å². The summed E-state index contributed by atoms with van der Waals surface area (Å²) in [5.41, 5.74) is 4.19. The molecule has 0 aliphatic carbocycles. The summed E-state index contributed by atoms with van der Waals surface area (Å²) < 4.78 is 5.24. The quantitative estimate of drug-likeness (QED) is 0.258. The molecule has 1 saturated heterocycles.